The molecule has 140 valence electrons. The molecule has 0 unspecified atom stereocenters. The summed E-state index contributed by atoms with van der Waals surface area (Å²) in [5, 5.41) is 3.15. The Balaban J connectivity index is 1.62. The van der Waals surface area contributed by atoms with E-state index in [4.69, 9.17) is 10.7 Å². The molecule has 1 fully saturated rings. The molecule has 0 bridgehead atoms. The van der Waals surface area contributed by atoms with Crippen LogP contribution in [-0.4, -0.2) is 39.6 Å². The SMILES string of the molecule is CNCc1ccc(-c2cnc(-c3nc(N4CCC[C@@H]4C)cnc3N)[nH]2)cc1. The van der Waals surface area contributed by atoms with Crippen molar-refractivity contribution in [3.63, 3.8) is 0 Å². The van der Waals surface area contributed by atoms with E-state index < -0.39 is 0 Å². The molecular weight excluding hydrogens is 338 g/mol. The minimum atomic E-state index is 0.385. The summed E-state index contributed by atoms with van der Waals surface area (Å²) in [6, 6.07) is 8.85. The second-order valence-electron chi connectivity index (χ2n) is 7.02. The molecule has 0 radical (unpaired) electrons. The molecule has 1 aliphatic heterocycles. The fourth-order valence-electron chi connectivity index (χ4n) is 3.57. The van der Waals surface area contributed by atoms with Gasteiger partial charge in [0.15, 0.2) is 17.3 Å². The van der Waals surface area contributed by atoms with Gasteiger partial charge in [-0.25, -0.2) is 15.0 Å². The number of hydrogen-bond acceptors (Lipinski definition) is 6. The summed E-state index contributed by atoms with van der Waals surface area (Å²) >= 11 is 0. The van der Waals surface area contributed by atoms with E-state index in [2.05, 4.69) is 56.4 Å². The third-order valence-corrected chi connectivity index (χ3v) is 5.08. The highest BCUT2D eigenvalue weighted by atomic mass is 15.2. The second-order valence-corrected chi connectivity index (χ2v) is 7.02. The van der Waals surface area contributed by atoms with Gasteiger partial charge in [-0.2, -0.15) is 0 Å². The van der Waals surface area contributed by atoms with E-state index in [1.165, 1.54) is 18.4 Å². The Labute approximate surface area is 159 Å². The molecule has 3 heterocycles. The van der Waals surface area contributed by atoms with Gasteiger partial charge in [0.05, 0.1) is 18.1 Å². The standard InChI is InChI=1S/C20H25N7/c1-13-4-3-9-27(13)17-12-23-19(21)18(26-17)20-24-11-16(25-20)15-7-5-14(6-8-15)10-22-2/h5-8,11-13,22H,3-4,9-10H2,1-2H3,(H2,21,23)(H,24,25)/t13-/m0/s1. The highest BCUT2D eigenvalue weighted by Crippen LogP contribution is 2.28. The van der Waals surface area contributed by atoms with Crippen molar-refractivity contribution in [1.82, 2.24) is 25.3 Å². The summed E-state index contributed by atoms with van der Waals surface area (Å²) in [4.78, 5) is 19.2. The fraction of sp³-hybridized carbons (Fsp3) is 0.350. The number of imidazole rings is 1. The number of nitrogens with zero attached hydrogens (tertiary/aromatic N) is 4. The molecule has 2 aromatic heterocycles. The Bertz CT molecular complexity index is 916. The van der Waals surface area contributed by atoms with Gasteiger partial charge in [-0.05, 0) is 37.9 Å². The number of aromatic amines is 1. The highest BCUT2D eigenvalue weighted by Gasteiger charge is 2.23. The van der Waals surface area contributed by atoms with Crippen LogP contribution >= 0.6 is 0 Å². The van der Waals surface area contributed by atoms with Gasteiger partial charge < -0.3 is 20.9 Å². The summed E-state index contributed by atoms with van der Waals surface area (Å²) in [7, 11) is 1.94. The first-order chi connectivity index (χ1) is 13.2. The summed E-state index contributed by atoms with van der Waals surface area (Å²) in [6.07, 6.45) is 5.92. The van der Waals surface area contributed by atoms with E-state index in [0.717, 1.165) is 30.2 Å². The molecule has 3 aromatic rings. The van der Waals surface area contributed by atoms with Gasteiger partial charge in [0, 0.05) is 19.1 Å². The van der Waals surface area contributed by atoms with Gasteiger partial charge in [0.2, 0.25) is 0 Å². The van der Waals surface area contributed by atoms with E-state index in [1.807, 2.05) is 13.2 Å². The smallest absolute Gasteiger partial charge is 0.160 e. The summed E-state index contributed by atoms with van der Waals surface area (Å²) in [6.45, 7) is 4.07. The molecule has 4 N–H and O–H groups in total. The average Bonchev–Trinajstić information content (AvgIpc) is 3.33. The number of hydrogen-bond donors (Lipinski definition) is 3. The topological polar surface area (TPSA) is 95.8 Å². The minimum Gasteiger partial charge on any atom is -0.382 e. The maximum Gasteiger partial charge on any atom is 0.160 e. The van der Waals surface area contributed by atoms with E-state index in [0.29, 0.717) is 23.4 Å². The number of rotatable bonds is 5. The number of nitrogen functional groups attached to an aromatic ring is 1. The third kappa shape index (κ3) is 3.50. The zero-order valence-corrected chi connectivity index (χ0v) is 15.7. The molecule has 0 saturated carbocycles. The second kappa shape index (κ2) is 7.36. The van der Waals surface area contributed by atoms with Crippen molar-refractivity contribution in [3.05, 3.63) is 42.2 Å². The van der Waals surface area contributed by atoms with Crippen LogP contribution in [0.2, 0.25) is 0 Å². The molecule has 1 atom stereocenters. The van der Waals surface area contributed by atoms with Crippen LogP contribution in [0.4, 0.5) is 11.6 Å². The van der Waals surface area contributed by atoms with E-state index in [1.54, 1.807) is 6.20 Å². The van der Waals surface area contributed by atoms with Gasteiger partial charge in [0.25, 0.3) is 0 Å². The van der Waals surface area contributed by atoms with Gasteiger partial charge in [0.1, 0.15) is 5.82 Å². The van der Waals surface area contributed by atoms with Crippen molar-refractivity contribution in [2.75, 3.05) is 24.2 Å². The zero-order valence-electron chi connectivity index (χ0n) is 15.7. The van der Waals surface area contributed by atoms with Gasteiger partial charge >= 0.3 is 0 Å². The van der Waals surface area contributed by atoms with Crippen LogP contribution in [-0.2, 0) is 6.54 Å². The Morgan fingerprint density at radius 1 is 1.22 bits per heavy atom. The van der Waals surface area contributed by atoms with Crippen LogP contribution in [0.1, 0.15) is 25.3 Å². The lowest BCUT2D eigenvalue weighted by Gasteiger charge is -2.22. The first-order valence-electron chi connectivity index (χ1n) is 9.34. The fourth-order valence-corrected chi connectivity index (χ4v) is 3.57. The maximum absolute atomic E-state index is 6.10. The number of anilines is 2. The first kappa shape index (κ1) is 17.5. The molecule has 0 spiro atoms. The number of nitrogens with one attached hydrogen (secondary N) is 2. The van der Waals surface area contributed by atoms with E-state index in [-0.39, 0.29) is 0 Å². The Kier molecular flexibility index (Phi) is 4.77. The lowest BCUT2D eigenvalue weighted by Crippen LogP contribution is -2.27. The van der Waals surface area contributed by atoms with Crippen molar-refractivity contribution in [2.45, 2.75) is 32.4 Å². The summed E-state index contributed by atoms with van der Waals surface area (Å²) < 4.78 is 0. The first-order valence-corrected chi connectivity index (χ1v) is 9.34. The summed E-state index contributed by atoms with van der Waals surface area (Å²) in [5.74, 6) is 1.89. The van der Waals surface area contributed by atoms with Crippen molar-refractivity contribution in [2.24, 2.45) is 0 Å². The number of aromatic nitrogens is 4. The number of nitrogens with two attached hydrogens (primary N) is 1. The quantitative estimate of drug-likeness (QED) is 0.645. The van der Waals surface area contributed by atoms with Gasteiger partial charge in [-0.15, -0.1) is 0 Å². The lowest BCUT2D eigenvalue weighted by atomic mass is 10.1. The molecule has 1 aliphatic rings. The minimum absolute atomic E-state index is 0.385. The Morgan fingerprint density at radius 3 is 2.74 bits per heavy atom. The van der Waals surface area contributed by atoms with Gasteiger partial charge in [-0.3, -0.25) is 0 Å². The molecule has 1 saturated heterocycles. The molecule has 27 heavy (non-hydrogen) atoms. The van der Waals surface area contributed by atoms with Crippen molar-refractivity contribution in [1.29, 1.82) is 0 Å². The molecule has 4 rings (SSSR count). The van der Waals surface area contributed by atoms with Crippen molar-refractivity contribution >= 4 is 11.6 Å². The maximum atomic E-state index is 6.10. The largest absolute Gasteiger partial charge is 0.382 e. The van der Waals surface area contributed by atoms with Crippen LogP contribution in [0, 0.1) is 0 Å². The van der Waals surface area contributed by atoms with Gasteiger partial charge in [-0.1, -0.05) is 24.3 Å². The predicted molar refractivity (Wildman–Crippen MR) is 108 cm³/mol. The third-order valence-electron chi connectivity index (χ3n) is 5.08. The molecule has 7 heteroatoms. The van der Waals surface area contributed by atoms with Crippen LogP contribution in [0.25, 0.3) is 22.8 Å². The normalized spacial score (nSPS) is 16.8. The van der Waals surface area contributed by atoms with Crippen LogP contribution < -0.4 is 16.0 Å². The van der Waals surface area contributed by atoms with Crippen LogP contribution in [0.5, 0.6) is 0 Å². The zero-order chi connectivity index (χ0) is 18.8. The van der Waals surface area contributed by atoms with E-state index >= 15 is 0 Å². The number of benzene rings is 1. The monoisotopic (exact) mass is 363 g/mol. The lowest BCUT2D eigenvalue weighted by molar-refractivity contribution is 0.726. The Morgan fingerprint density at radius 2 is 2.04 bits per heavy atom. The molecule has 0 aliphatic carbocycles. The van der Waals surface area contributed by atoms with Crippen molar-refractivity contribution in [3.8, 4) is 22.8 Å². The molecule has 7 nitrogen and oxygen atoms in total. The Hall–Kier alpha value is -2.93. The number of H-pyrrole nitrogens is 1. The molecular formula is C20H25N7. The molecule has 0 amide bonds. The molecule has 1 aromatic carbocycles. The predicted octanol–water partition coefficient (Wildman–Crippen LogP) is 2.82. The van der Waals surface area contributed by atoms with Crippen molar-refractivity contribution < 1.29 is 0 Å². The van der Waals surface area contributed by atoms with E-state index in [9.17, 15) is 0 Å². The highest BCUT2D eigenvalue weighted by molar-refractivity contribution is 5.69. The van der Waals surface area contributed by atoms with Crippen LogP contribution in [0.15, 0.2) is 36.7 Å². The van der Waals surface area contributed by atoms with Crippen LogP contribution in [0.3, 0.4) is 0 Å². The summed E-state index contributed by atoms with van der Waals surface area (Å²) in [5.41, 5.74) is 9.94. The average molecular weight is 363 g/mol.